The summed E-state index contributed by atoms with van der Waals surface area (Å²) in [5.74, 6) is -2.12. The largest absolute Gasteiger partial charge is 0.462 e. The molecule has 0 aromatic carbocycles. The Morgan fingerprint density at radius 2 is 1.84 bits per heavy atom. The molecular formula is C21H32N4O6. The van der Waals surface area contributed by atoms with E-state index in [0.717, 1.165) is 32.1 Å². The molecule has 4 amide bonds. The molecule has 31 heavy (non-hydrogen) atoms. The van der Waals surface area contributed by atoms with E-state index in [4.69, 9.17) is 10.5 Å². The topological polar surface area (TPSA) is 148 Å². The van der Waals surface area contributed by atoms with E-state index in [1.165, 1.54) is 4.90 Å². The molecule has 3 fully saturated rings. The molecule has 0 bridgehead atoms. The maximum absolute atomic E-state index is 13.1. The second-order valence-corrected chi connectivity index (χ2v) is 8.60. The molecular weight excluding hydrogens is 404 g/mol. The quantitative estimate of drug-likeness (QED) is 0.452. The first-order valence-corrected chi connectivity index (χ1v) is 11.2. The second kappa shape index (κ2) is 10.6. The third-order valence-electron chi connectivity index (χ3n) is 6.28. The fourth-order valence-corrected chi connectivity index (χ4v) is 4.56. The first kappa shape index (κ1) is 23.0. The number of primary amides is 1. The highest BCUT2D eigenvalue weighted by Gasteiger charge is 2.38. The number of nitrogens with two attached hydrogens (primary N) is 1. The van der Waals surface area contributed by atoms with E-state index in [2.05, 4.69) is 10.6 Å². The van der Waals surface area contributed by atoms with Crippen molar-refractivity contribution in [2.45, 2.75) is 94.9 Å². The van der Waals surface area contributed by atoms with Gasteiger partial charge in [0.15, 0.2) is 0 Å². The van der Waals surface area contributed by atoms with Gasteiger partial charge in [-0.25, -0.2) is 0 Å². The van der Waals surface area contributed by atoms with Gasteiger partial charge >= 0.3 is 5.97 Å². The van der Waals surface area contributed by atoms with Crippen molar-refractivity contribution in [1.29, 1.82) is 0 Å². The molecule has 0 aromatic heterocycles. The summed E-state index contributed by atoms with van der Waals surface area (Å²) in [5.41, 5.74) is 5.43. The van der Waals surface area contributed by atoms with E-state index in [0.29, 0.717) is 25.8 Å². The highest BCUT2D eigenvalue weighted by molar-refractivity contribution is 5.95. The van der Waals surface area contributed by atoms with Gasteiger partial charge in [-0.1, -0.05) is 6.42 Å². The molecule has 0 radical (unpaired) electrons. The molecule has 1 aliphatic carbocycles. The lowest BCUT2D eigenvalue weighted by Gasteiger charge is -2.28. The van der Waals surface area contributed by atoms with Crippen molar-refractivity contribution < 1.29 is 28.7 Å². The van der Waals surface area contributed by atoms with Gasteiger partial charge in [0.05, 0.1) is 0 Å². The molecule has 0 unspecified atom stereocenters. The number of carbonyl (C=O) groups is 5. The number of ether oxygens (including phenoxy) is 1. The fraction of sp³-hybridized carbons (Fsp3) is 0.762. The van der Waals surface area contributed by atoms with Crippen LogP contribution in [0.4, 0.5) is 0 Å². The summed E-state index contributed by atoms with van der Waals surface area (Å²) in [4.78, 5) is 62.6. The number of nitrogens with zero attached hydrogens (tertiary/aromatic N) is 1. The van der Waals surface area contributed by atoms with E-state index >= 15 is 0 Å². The predicted molar refractivity (Wildman–Crippen MR) is 109 cm³/mol. The van der Waals surface area contributed by atoms with Crippen LogP contribution in [0.2, 0.25) is 0 Å². The van der Waals surface area contributed by atoms with Gasteiger partial charge in [0.1, 0.15) is 24.2 Å². The number of rotatable bonds is 8. The molecule has 172 valence electrons. The Labute approximate surface area is 181 Å². The summed E-state index contributed by atoms with van der Waals surface area (Å²) in [6, 6.07) is -2.42. The van der Waals surface area contributed by atoms with Gasteiger partial charge in [0.2, 0.25) is 23.6 Å². The monoisotopic (exact) mass is 436 g/mol. The third-order valence-corrected chi connectivity index (χ3v) is 6.28. The Kier molecular flexibility index (Phi) is 7.86. The zero-order valence-corrected chi connectivity index (χ0v) is 17.8. The minimum Gasteiger partial charge on any atom is -0.462 e. The van der Waals surface area contributed by atoms with Crippen molar-refractivity contribution in [2.75, 3.05) is 6.54 Å². The summed E-state index contributed by atoms with van der Waals surface area (Å²) in [5, 5.41) is 5.24. The van der Waals surface area contributed by atoms with Crippen LogP contribution in [0.5, 0.6) is 0 Å². The number of hydrogen-bond acceptors (Lipinski definition) is 6. The summed E-state index contributed by atoms with van der Waals surface area (Å²) in [7, 11) is 0. The van der Waals surface area contributed by atoms with Crippen LogP contribution in [0.15, 0.2) is 0 Å². The molecule has 2 heterocycles. The molecule has 4 N–H and O–H groups in total. The van der Waals surface area contributed by atoms with Gasteiger partial charge in [0.25, 0.3) is 0 Å². The zero-order valence-electron chi connectivity index (χ0n) is 17.8. The van der Waals surface area contributed by atoms with Crippen molar-refractivity contribution in [3.05, 3.63) is 0 Å². The molecule has 2 aliphatic heterocycles. The predicted octanol–water partition coefficient (Wildman–Crippen LogP) is -0.118. The van der Waals surface area contributed by atoms with Crippen LogP contribution in [0.1, 0.15) is 70.6 Å². The van der Waals surface area contributed by atoms with Crippen LogP contribution in [-0.4, -0.2) is 65.3 Å². The molecule has 3 rings (SSSR count). The highest BCUT2D eigenvalue weighted by atomic mass is 16.5. The van der Waals surface area contributed by atoms with E-state index in [-0.39, 0.29) is 31.3 Å². The second-order valence-electron chi connectivity index (χ2n) is 8.60. The summed E-state index contributed by atoms with van der Waals surface area (Å²) >= 11 is 0. The molecule has 2 saturated heterocycles. The minimum absolute atomic E-state index is 0.0285. The summed E-state index contributed by atoms with van der Waals surface area (Å²) < 4.78 is 5.52. The minimum atomic E-state index is -0.996. The van der Waals surface area contributed by atoms with E-state index in [9.17, 15) is 24.0 Å². The SMILES string of the molecule is NC(=O)[C@@H]1CCCN1C(=O)[C@H](CCC(=O)OC1CCCCC1)NC(=O)[C@@H]1CCC(=O)N1. The average molecular weight is 437 g/mol. The van der Waals surface area contributed by atoms with Crippen LogP contribution in [-0.2, 0) is 28.7 Å². The Bertz CT molecular complexity index is 721. The van der Waals surface area contributed by atoms with Crippen LogP contribution in [0.3, 0.4) is 0 Å². The van der Waals surface area contributed by atoms with Crippen LogP contribution < -0.4 is 16.4 Å². The van der Waals surface area contributed by atoms with Gasteiger partial charge in [0, 0.05) is 19.4 Å². The van der Waals surface area contributed by atoms with Crippen molar-refractivity contribution in [3.8, 4) is 0 Å². The Morgan fingerprint density at radius 3 is 2.48 bits per heavy atom. The number of likely N-dealkylation sites (tertiary alicyclic amines) is 1. The van der Waals surface area contributed by atoms with Crippen molar-refractivity contribution in [1.82, 2.24) is 15.5 Å². The smallest absolute Gasteiger partial charge is 0.306 e. The molecule has 1 saturated carbocycles. The number of nitrogens with one attached hydrogen (secondary N) is 2. The first-order chi connectivity index (χ1) is 14.8. The number of hydrogen-bond donors (Lipinski definition) is 3. The van der Waals surface area contributed by atoms with E-state index in [1.807, 2.05) is 0 Å². The molecule has 3 aliphatic rings. The lowest BCUT2D eigenvalue weighted by atomic mass is 9.98. The van der Waals surface area contributed by atoms with Gasteiger partial charge in [-0.3, -0.25) is 24.0 Å². The Balaban J connectivity index is 1.62. The highest BCUT2D eigenvalue weighted by Crippen LogP contribution is 2.22. The van der Waals surface area contributed by atoms with Crippen molar-refractivity contribution >= 4 is 29.6 Å². The molecule has 0 aromatic rings. The lowest BCUT2D eigenvalue weighted by molar-refractivity contribution is -0.151. The summed E-state index contributed by atoms with van der Waals surface area (Å²) in [6.45, 7) is 0.367. The van der Waals surface area contributed by atoms with E-state index in [1.54, 1.807) is 0 Å². The van der Waals surface area contributed by atoms with Crippen LogP contribution in [0.25, 0.3) is 0 Å². The van der Waals surface area contributed by atoms with Crippen molar-refractivity contribution in [2.24, 2.45) is 5.73 Å². The molecule has 10 nitrogen and oxygen atoms in total. The standard InChI is InChI=1S/C21H32N4O6/c22-19(28)16-7-4-12-25(16)21(30)15(24-20(29)14-8-10-17(26)23-14)9-11-18(27)31-13-5-2-1-3-6-13/h13-16H,1-12H2,(H2,22,28)(H,23,26)(H,24,29)/t14-,15-,16-/m0/s1. The molecule has 3 atom stereocenters. The zero-order chi connectivity index (χ0) is 22.4. The van der Waals surface area contributed by atoms with Gasteiger partial charge in [-0.15, -0.1) is 0 Å². The average Bonchev–Trinajstić information content (AvgIpc) is 3.40. The maximum Gasteiger partial charge on any atom is 0.306 e. The third kappa shape index (κ3) is 6.18. The Hall–Kier alpha value is -2.65. The molecule has 10 heteroatoms. The normalized spacial score (nSPS) is 25.0. The van der Waals surface area contributed by atoms with Gasteiger partial charge < -0.3 is 26.0 Å². The molecule has 0 spiro atoms. The van der Waals surface area contributed by atoms with Gasteiger partial charge in [-0.05, 0) is 51.4 Å². The van der Waals surface area contributed by atoms with Crippen LogP contribution in [0, 0.1) is 0 Å². The number of carbonyl (C=O) groups excluding carboxylic acids is 5. The number of amides is 4. The first-order valence-electron chi connectivity index (χ1n) is 11.2. The lowest BCUT2D eigenvalue weighted by Crippen LogP contribution is -2.55. The van der Waals surface area contributed by atoms with Crippen LogP contribution >= 0.6 is 0 Å². The number of esters is 1. The maximum atomic E-state index is 13.1. The summed E-state index contributed by atoms with van der Waals surface area (Å²) in [6.07, 6.45) is 6.56. The Morgan fingerprint density at radius 1 is 1.10 bits per heavy atom. The van der Waals surface area contributed by atoms with Crippen molar-refractivity contribution in [3.63, 3.8) is 0 Å². The van der Waals surface area contributed by atoms with Gasteiger partial charge in [-0.2, -0.15) is 0 Å². The fourth-order valence-electron chi connectivity index (χ4n) is 4.56. The van der Waals surface area contributed by atoms with E-state index < -0.39 is 41.8 Å².